The van der Waals surface area contributed by atoms with Crippen LogP contribution in [0.2, 0.25) is 0 Å². The van der Waals surface area contributed by atoms with E-state index in [1.54, 1.807) is 13.0 Å². The van der Waals surface area contributed by atoms with Crippen molar-refractivity contribution in [1.82, 2.24) is 14.6 Å². The highest BCUT2D eigenvalue weighted by Crippen LogP contribution is 2.25. The average molecular weight is 224 g/mol. The van der Waals surface area contributed by atoms with E-state index in [1.807, 2.05) is 0 Å². The third-order valence-corrected chi connectivity index (χ3v) is 3.02. The molecule has 0 amide bonds. The minimum absolute atomic E-state index is 0.405. The van der Waals surface area contributed by atoms with E-state index in [1.165, 1.54) is 17.7 Å². The molecule has 4 nitrogen and oxygen atoms in total. The molecule has 15 heavy (non-hydrogen) atoms. The van der Waals surface area contributed by atoms with Crippen molar-refractivity contribution in [3.8, 4) is 0 Å². The van der Waals surface area contributed by atoms with Crippen molar-refractivity contribution in [2.75, 3.05) is 0 Å². The van der Waals surface area contributed by atoms with Crippen molar-refractivity contribution in [2.45, 2.75) is 13.0 Å². The summed E-state index contributed by atoms with van der Waals surface area (Å²) < 4.78 is 17.2. The van der Waals surface area contributed by atoms with Crippen LogP contribution in [0, 0.1) is 12.7 Å². The van der Waals surface area contributed by atoms with E-state index in [0.717, 1.165) is 16.8 Å². The molecule has 2 aromatic rings. The van der Waals surface area contributed by atoms with Crippen LogP contribution < -0.4 is 5.73 Å². The van der Waals surface area contributed by atoms with E-state index >= 15 is 0 Å². The molecule has 0 saturated heterocycles. The normalized spacial score (nSPS) is 12.7. The summed E-state index contributed by atoms with van der Waals surface area (Å²) in [6, 6.07) is 1.05. The molecule has 0 spiro atoms. The Bertz CT molecular complexity index is 471. The van der Waals surface area contributed by atoms with Gasteiger partial charge in [0.1, 0.15) is 5.82 Å². The van der Waals surface area contributed by atoms with Crippen molar-refractivity contribution in [3.63, 3.8) is 0 Å². The second-order valence-electron chi connectivity index (χ2n) is 3.10. The molecule has 2 rings (SSSR count). The zero-order valence-electron chi connectivity index (χ0n) is 8.01. The number of nitrogens with two attached hydrogens (primary N) is 1. The maximum Gasteiger partial charge on any atom is 0.146 e. The molecule has 0 radical (unpaired) electrons. The summed E-state index contributed by atoms with van der Waals surface area (Å²) in [7, 11) is 0. The first-order chi connectivity index (χ1) is 7.20. The lowest BCUT2D eigenvalue weighted by atomic mass is 10.1. The van der Waals surface area contributed by atoms with E-state index in [4.69, 9.17) is 5.73 Å². The molecule has 0 saturated carbocycles. The van der Waals surface area contributed by atoms with Crippen LogP contribution in [0.25, 0.3) is 0 Å². The molecular weight excluding hydrogens is 215 g/mol. The fraction of sp³-hybridized carbons (Fsp3) is 0.222. The third kappa shape index (κ3) is 1.86. The van der Waals surface area contributed by atoms with Crippen LogP contribution in [-0.2, 0) is 0 Å². The number of hydrogen-bond acceptors (Lipinski definition) is 5. The number of halogens is 1. The molecule has 0 bridgehead atoms. The molecule has 0 aliphatic carbocycles. The van der Waals surface area contributed by atoms with Gasteiger partial charge in [0.15, 0.2) is 0 Å². The predicted octanol–water partition coefficient (Wildman–Crippen LogP) is 1.43. The molecule has 2 heterocycles. The summed E-state index contributed by atoms with van der Waals surface area (Å²) in [5.41, 5.74) is 7.08. The Labute approximate surface area is 90.1 Å². The number of rotatable bonds is 2. The molecule has 2 aromatic heterocycles. The first kappa shape index (κ1) is 10.1. The smallest absolute Gasteiger partial charge is 0.146 e. The fourth-order valence-corrected chi connectivity index (χ4v) is 1.97. The van der Waals surface area contributed by atoms with E-state index < -0.39 is 11.9 Å². The van der Waals surface area contributed by atoms with Crippen LogP contribution in [0.5, 0.6) is 0 Å². The zero-order valence-corrected chi connectivity index (χ0v) is 8.83. The number of nitrogens with zero attached hydrogens (tertiary/aromatic N) is 3. The predicted molar refractivity (Wildman–Crippen MR) is 54.9 cm³/mol. The highest BCUT2D eigenvalue weighted by Gasteiger charge is 2.17. The van der Waals surface area contributed by atoms with Crippen molar-refractivity contribution in [2.24, 2.45) is 5.73 Å². The standard InChI is InChI=1S/C9H9FN4S/c1-5-9(15-14-13-5)8(11)6-2-3-12-4-7(6)10/h2-4,8H,11H2,1H3. The number of aromatic nitrogens is 3. The first-order valence-corrected chi connectivity index (χ1v) is 5.11. The molecule has 78 valence electrons. The van der Waals surface area contributed by atoms with Gasteiger partial charge in [-0.05, 0) is 24.5 Å². The van der Waals surface area contributed by atoms with Gasteiger partial charge < -0.3 is 5.73 Å². The second-order valence-corrected chi connectivity index (χ2v) is 3.88. The maximum atomic E-state index is 13.4. The molecule has 0 aromatic carbocycles. The first-order valence-electron chi connectivity index (χ1n) is 4.34. The SMILES string of the molecule is Cc1nnsc1C(N)c1ccncc1F. The third-order valence-electron chi connectivity index (χ3n) is 2.11. The van der Waals surface area contributed by atoms with Gasteiger partial charge in [-0.1, -0.05) is 4.49 Å². The topological polar surface area (TPSA) is 64.7 Å². The Kier molecular flexibility index (Phi) is 2.70. The van der Waals surface area contributed by atoms with Crippen LogP contribution in [0.1, 0.15) is 22.2 Å². The minimum atomic E-state index is -0.520. The van der Waals surface area contributed by atoms with Crippen molar-refractivity contribution in [1.29, 1.82) is 0 Å². The van der Waals surface area contributed by atoms with Gasteiger partial charge >= 0.3 is 0 Å². The fourth-order valence-electron chi connectivity index (χ4n) is 1.30. The summed E-state index contributed by atoms with van der Waals surface area (Å²) >= 11 is 1.19. The van der Waals surface area contributed by atoms with Gasteiger partial charge in [0, 0.05) is 11.8 Å². The Morgan fingerprint density at radius 2 is 2.33 bits per heavy atom. The van der Waals surface area contributed by atoms with Crippen molar-refractivity contribution in [3.05, 3.63) is 40.4 Å². The van der Waals surface area contributed by atoms with E-state index in [-0.39, 0.29) is 0 Å². The molecule has 0 aliphatic heterocycles. The molecular formula is C9H9FN4S. The molecule has 2 N–H and O–H groups in total. The Hall–Kier alpha value is -1.40. The number of aryl methyl sites for hydroxylation is 1. The average Bonchev–Trinajstić information content (AvgIpc) is 2.64. The van der Waals surface area contributed by atoms with Gasteiger partial charge in [-0.2, -0.15) is 0 Å². The van der Waals surface area contributed by atoms with Gasteiger partial charge in [-0.25, -0.2) is 4.39 Å². The Balaban J connectivity index is 2.41. The Morgan fingerprint density at radius 1 is 1.53 bits per heavy atom. The van der Waals surface area contributed by atoms with E-state index in [0.29, 0.717) is 5.56 Å². The lowest BCUT2D eigenvalue weighted by Crippen LogP contribution is -2.13. The summed E-state index contributed by atoms with van der Waals surface area (Å²) in [6.07, 6.45) is 2.67. The van der Waals surface area contributed by atoms with E-state index in [9.17, 15) is 4.39 Å². The molecule has 1 atom stereocenters. The second kappa shape index (κ2) is 4.00. The largest absolute Gasteiger partial charge is 0.319 e. The maximum absolute atomic E-state index is 13.4. The zero-order chi connectivity index (χ0) is 10.8. The van der Waals surface area contributed by atoms with Crippen LogP contribution in [-0.4, -0.2) is 14.6 Å². The summed E-state index contributed by atoms with van der Waals surface area (Å²) in [5.74, 6) is -0.405. The van der Waals surface area contributed by atoms with Crippen LogP contribution >= 0.6 is 11.5 Å². The van der Waals surface area contributed by atoms with Gasteiger partial charge in [0.25, 0.3) is 0 Å². The van der Waals surface area contributed by atoms with Gasteiger partial charge in [-0.15, -0.1) is 5.10 Å². The van der Waals surface area contributed by atoms with Gasteiger partial charge in [0.05, 0.1) is 22.8 Å². The molecule has 0 aliphatic rings. The number of hydrogen-bond donors (Lipinski definition) is 1. The van der Waals surface area contributed by atoms with Crippen LogP contribution in [0.15, 0.2) is 18.5 Å². The molecule has 0 fully saturated rings. The number of pyridine rings is 1. The summed E-state index contributed by atoms with van der Waals surface area (Å²) in [6.45, 7) is 1.80. The van der Waals surface area contributed by atoms with Crippen molar-refractivity contribution < 1.29 is 4.39 Å². The lowest BCUT2D eigenvalue weighted by Gasteiger charge is -2.10. The van der Waals surface area contributed by atoms with Crippen molar-refractivity contribution >= 4 is 11.5 Å². The van der Waals surface area contributed by atoms with Crippen LogP contribution in [0.4, 0.5) is 4.39 Å². The highest BCUT2D eigenvalue weighted by molar-refractivity contribution is 7.05. The Morgan fingerprint density at radius 3 is 2.93 bits per heavy atom. The monoisotopic (exact) mass is 224 g/mol. The lowest BCUT2D eigenvalue weighted by molar-refractivity contribution is 0.594. The van der Waals surface area contributed by atoms with E-state index in [2.05, 4.69) is 14.6 Å². The summed E-state index contributed by atoms with van der Waals surface area (Å²) in [5, 5.41) is 3.84. The highest BCUT2D eigenvalue weighted by atomic mass is 32.1. The quantitative estimate of drug-likeness (QED) is 0.838. The molecule has 6 heteroatoms. The minimum Gasteiger partial charge on any atom is -0.319 e. The summed E-state index contributed by atoms with van der Waals surface area (Å²) in [4.78, 5) is 4.45. The van der Waals surface area contributed by atoms with Gasteiger partial charge in [0.2, 0.25) is 0 Å². The van der Waals surface area contributed by atoms with Crippen LogP contribution in [0.3, 0.4) is 0 Å². The van der Waals surface area contributed by atoms with Gasteiger partial charge in [-0.3, -0.25) is 4.98 Å². The molecule has 1 unspecified atom stereocenters.